The summed E-state index contributed by atoms with van der Waals surface area (Å²) in [4.78, 5) is 2.75. The number of fused-ring (bicyclic) bond motifs is 1. The van der Waals surface area contributed by atoms with Crippen LogP contribution in [-0.2, 0) is 12.8 Å². The quantitative estimate of drug-likeness (QED) is 0.803. The van der Waals surface area contributed by atoms with Gasteiger partial charge >= 0.3 is 0 Å². The number of hydrogen-bond donors (Lipinski definition) is 1. The first-order chi connectivity index (χ1) is 10.3. The van der Waals surface area contributed by atoms with Crippen molar-refractivity contribution in [3.8, 4) is 0 Å². The van der Waals surface area contributed by atoms with Gasteiger partial charge in [0.05, 0.1) is 6.10 Å². The number of aliphatic hydroxyl groups excluding tert-OH is 1. The highest BCUT2D eigenvalue weighted by molar-refractivity contribution is 7.12. The molecule has 3 unspecified atom stereocenters. The molecule has 1 nitrogen and oxygen atoms in total. The van der Waals surface area contributed by atoms with E-state index >= 15 is 0 Å². The summed E-state index contributed by atoms with van der Waals surface area (Å²) in [5.41, 5.74) is 2.91. The molecule has 0 aliphatic heterocycles. The third-order valence-corrected chi connectivity index (χ3v) is 6.34. The maximum absolute atomic E-state index is 10.7. The van der Waals surface area contributed by atoms with Gasteiger partial charge in [0.15, 0.2) is 0 Å². The molecule has 1 N–H and O–H groups in total. The number of benzene rings is 1. The molecule has 1 aromatic carbocycles. The average molecular weight is 298 g/mol. The fourth-order valence-corrected chi connectivity index (χ4v) is 5.01. The second kappa shape index (κ2) is 5.58. The van der Waals surface area contributed by atoms with Crippen LogP contribution in [0.1, 0.15) is 58.6 Å². The van der Waals surface area contributed by atoms with E-state index in [0.29, 0.717) is 11.8 Å². The standard InChI is InChI=1S/C19H22OS/c20-19(16-12-15(16)13-7-3-1-4-8-13)18-11-14-9-5-2-6-10-17(14)21-18/h1,3-4,7-8,11,15-16,19-20H,2,5-6,9-10,12H2. The molecule has 0 saturated heterocycles. The predicted octanol–water partition coefficient (Wildman–Crippen LogP) is 4.85. The molecule has 1 saturated carbocycles. The van der Waals surface area contributed by atoms with Crippen molar-refractivity contribution in [1.29, 1.82) is 0 Å². The van der Waals surface area contributed by atoms with Gasteiger partial charge in [0, 0.05) is 9.75 Å². The Bertz CT molecular complexity index is 592. The first-order valence-electron chi connectivity index (χ1n) is 8.17. The first-order valence-corrected chi connectivity index (χ1v) is 8.99. The molecule has 1 fully saturated rings. The smallest absolute Gasteiger partial charge is 0.0916 e. The summed E-state index contributed by atoms with van der Waals surface area (Å²) in [6, 6.07) is 13.0. The van der Waals surface area contributed by atoms with E-state index < -0.39 is 0 Å². The van der Waals surface area contributed by atoms with Gasteiger partial charge in [0.2, 0.25) is 0 Å². The zero-order valence-electron chi connectivity index (χ0n) is 12.3. The Morgan fingerprint density at radius 2 is 1.86 bits per heavy atom. The summed E-state index contributed by atoms with van der Waals surface area (Å²) in [6.07, 6.45) is 7.30. The van der Waals surface area contributed by atoms with Gasteiger partial charge in [0.25, 0.3) is 0 Å². The minimum Gasteiger partial charge on any atom is -0.387 e. The van der Waals surface area contributed by atoms with Gasteiger partial charge in [-0.3, -0.25) is 0 Å². The lowest BCUT2D eigenvalue weighted by Crippen LogP contribution is -1.99. The molecule has 4 rings (SSSR count). The van der Waals surface area contributed by atoms with Gasteiger partial charge in [-0.2, -0.15) is 0 Å². The van der Waals surface area contributed by atoms with Crippen LogP contribution in [0.5, 0.6) is 0 Å². The molecule has 2 aromatic rings. The molecule has 1 aromatic heterocycles. The highest BCUT2D eigenvalue weighted by Crippen LogP contribution is 2.55. The molecule has 2 aliphatic rings. The highest BCUT2D eigenvalue weighted by Gasteiger charge is 2.44. The normalized spacial score (nSPS) is 26.0. The number of aryl methyl sites for hydroxylation is 2. The lowest BCUT2D eigenvalue weighted by Gasteiger charge is -2.08. The molecule has 0 spiro atoms. The van der Waals surface area contributed by atoms with Crippen molar-refractivity contribution in [2.45, 2.75) is 50.5 Å². The molecule has 21 heavy (non-hydrogen) atoms. The van der Waals surface area contributed by atoms with E-state index in [-0.39, 0.29) is 6.10 Å². The summed E-state index contributed by atoms with van der Waals surface area (Å²) < 4.78 is 0. The second-order valence-electron chi connectivity index (χ2n) is 6.52. The lowest BCUT2D eigenvalue weighted by molar-refractivity contribution is 0.155. The lowest BCUT2D eigenvalue weighted by atomic mass is 10.0. The van der Waals surface area contributed by atoms with Crippen LogP contribution in [0.2, 0.25) is 0 Å². The Morgan fingerprint density at radius 3 is 2.71 bits per heavy atom. The maximum Gasteiger partial charge on any atom is 0.0916 e. The minimum absolute atomic E-state index is 0.257. The van der Waals surface area contributed by atoms with Gasteiger partial charge in [-0.1, -0.05) is 36.8 Å². The molecule has 1 heterocycles. The van der Waals surface area contributed by atoms with Crippen LogP contribution in [0.15, 0.2) is 36.4 Å². The highest BCUT2D eigenvalue weighted by atomic mass is 32.1. The van der Waals surface area contributed by atoms with Crippen molar-refractivity contribution in [3.05, 3.63) is 57.3 Å². The maximum atomic E-state index is 10.7. The number of aliphatic hydroxyl groups is 1. The summed E-state index contributed by atoms with van der Waals surface area (Å²) >= 11 is 1.87. The van der Waals surface area contributed by atoms with E-state index in [1.165, 1.54) is 48.1 Å². The summed E-state index contributed by atoms with van der Waals surface area (Å²) in [7, 11) is 0. The SMILES string of the molecule is OC(c1cc2c(s1)CCCCC2)C1CC1c1ccccc1. The molecular formula is C19H22OS. The molecular weight excluding hydrogens is 276 g/mol. The molecule has 0 radical (unpaired) electrons. The van der Waals surface area contributed by atoms with Crippen molar-refractivity contribution in [2.75, 3.05) is 0 Å². The van der Waals surface area contributed by atoms with Crippen LogP contribution in [-0.4, -0.2) is 5.11 Å². The van der Waals surface area contributed by atoms with Crippen LogP contribution >= 0.6 is 11.3 Å². The number of hydrogen-bond acceptors (Lipinski definition) is 2. The zero-order valence-corrected chi connectivity index (χ0v) is 13.1. The molecule has 0 bridgehead atoms. The Kier molecular flexibility index (Phi) is 3.60. The zero-order chi connectivity index (χ0) is 14.2. The van der Waals surface area contributed by atoms with Gasteiger partial charge in [0.1, 0.15) is 0 Å². The van der Waals surface area contributed by atoms with Crippen LogP contribution in [0.25, 0.3) is 0 Å². The van der Waals surface area contributed by atoms with Crippen molar-refractivity contribution in [3.63, 3.8) is 0 Å². The van der Waals surface area contributed by atoms with E-state index in [4.69, 9.17) is 0 Å². The van der Waals surface area contributed by atoms with Crippen LogP contribution in [0.3, 0.4) is 0 Å². The predicted molar refractivity (Wildman–Crippen MR) is 87.8 cm³/mol. The second-order valence-corrected chi connectivity index (χ2v) is 7.69. The summed E-state index contributed by atoms with van der Waals surface area (Å²) in [5.74, 6) is 0.984. The van der Waals surface area contributed by atoms with E-state index in [9.17, 15) is 5.11 Å². The van der Waals surface area contributed by atoms with Crippen molar-refractivity contribution < 1.29 is 5.11 Å². The average Bonchev–Trinajstić information content (AvgIpc) is 3.27. The van der Waals surface area contributed by atoms with Crippen LogP contribution in [0, 0.1) is 5.92 Å². The van der Waals surface area contributed by atoms with E-state index in [1.807, 2.05) is 11.3 Å². The number of rotatable bonds is 3. The molecule has 2 heteroatoms. The van der Waals surface area contributed by atoms with E-state index in [0.717, 1.165) is 6.42 Å². The molecule has 2 aliphatic carbocycles. The van der Waals surface area contributed by atoms with Crippen molar-refractivity contribution >= 4 is 11.3 Å². The van der Waals surface area contributed by atoms with Gasteiger partial charge in [-0.25, -0.2) is 0 Å². The topological polar surface area (TPSA) is 20.2 Å². The van der Waals surface area contributed by atoms with Crippen molar-refractivity contribution in [2.24, 2.45) is 5.92 Å². The third kappa shape index (κ3) is 2.67. The summed E-state index contributed by atoms with van der Waals surface area (Å²) in [5, 5.41) is 10.7. The Balaban J connectivity index is 1.50. The Labute approximate surface area is 130 Å². The van der Waals surface area contributed by atoms with Crippen molar-refractivity contribution in [1.82, 2.24) is 0 Å². The number of thiophene rings is 1. The Morgan fingerprint density at radius 1 is 1.05 bits per heavy atom. The van der Waals surface area contributed by atoms with Crippen LogP contribution < -0.4 is 0 Å². The fourth-order valence-electron chi connectivity index (χ4n) is 3.69. The fraction of sp³-hybridized carbons (Fsp3) is 0.474. The monoisotopic (exact) mass is 298 g/mol. The summed E-state index contributed by atoms with van der Waals surface area (Å²) in [6.45, 7) is 0. The van der Waals surface area contributed by atoms with Crippen LogP contribution in [0.4, 0.5) is 0 Å². The minimum atomic E-state index is -0.257. The first kappa shape index (κ1) is 13.5. The molecule has 0 amide bonds. The van der Waals surface area contributed by atoms with E-state index in [2.05, 4.69) is 36.4 Å². The Hall–Kier alpha value is -1.12. The van der Waals surface area contributed by atoms with E-state index in [1.54, 1.807) is 4.88 Å². The third-order valence-electron chi connectivity index (χ3n) is 5.03. The molecule has 110 valence electrons. The van der Waals surface area contributed by atoms with Gasteiger partial charge in [-0.05, 0) is 61.1 Å². The van der Waals surface area contributed by atoms with Gasteiger partial charge in [-0.15, -0.1) is 11.3 Å². The van der Waals surface area contributed by atoms with Gasteiger partial charge < -0.3 is 5.11 Å². The molecule has 3 atom stereocenters. The largest absolute Gasteiger partial charge is 0.387 e.